The van der Waals surface area contributed by atoms with Gasteiger partial charge < -0.3 is 0 Å². The van der Waals surface area contributed by atoms with Gasteiger partial charge in [-0.05, 0) is 24.6 Å². The lowest BCUT2D eigenvalue weighted by Gasteiger charge is -2.02. The van der Waals surface area contributed by atoms with Crippen molar-refractivity contribution in [2.45, 2.75) is 19.8 Å². The molecular weight excluding hydrogens is 287 g/mol. The van der Waals surface area contributed by atoms with E-state index >= 15 is 0 Å². The second-order valence-electron chi connectivity index (χ2n) is 3.94. The molecule has 0 atom stereocenters. The standard InChI is InChI=1S/C14H12Cl2OS/c1-2-4-11(17)13-8-7-12(18-13)9-5-3-6-10(15)14(9)16/h3,5-8H,2,4H2,1H3. The Morgan fingerprint density at radius 2 is 2.00 bits per heavy atom. The highest BCUT2D eigenvalue weighted by Crippen LogP contribution is 2.37. The first-order valence-electron chi connectivity index (χ1n) is 5.71. The SMILES string of the molecule is CCCC(=O)c1ccc(-c2cccc(Cl)c2Cl)s1. The average molecular weight is 299 g/mol. The van der Waals surface area contributed by atoms with Gasteiger partial charge in [-0.3, -0.25) is 4.79 Å². The van der Waals surface area contributed by atoms with Crippen LogP contribution in [0.25, 0.3) is 10.4 Å². The second-order valence-corrected chi connectivity index (χ2v) is 5.81. The zero-order valence-corrected chi connectivity index (χ0v) is 12.2. The smallest absolute Gasteiger partial charge is 0.172 e. The van der Waals surface area contributed by atoms with Gasteiger partial charge in [-0.15, -0.1) is 11.3 Å². The summed E-state index contributed by atoms with van der Waals surface area (Å²) < 4.78 is 0. The molecule has 0 unspecified atom stereocenters. The first-order chi connectivity index (χ1) is 8.63. The van der Waals surface area contributed by atoms with Crippen molar-refractivity contribution in [3.8, 4) is 10.4 Å². The van der Waals surface area contributed by atoms with Crippen LogP contribution in [-0.2, 0) is 0 Å². The van der Waals surface area contributed by atoms with Crippen LogP contribution >= 0.6 is 34.5 Å². The summed E-state index contributed by atoms with van der Waals surface area (Å²) in [5.41, 5.74) is 0.879. The molecule has 94 valence electrons. The highest BCUT2D eigenvalue weighted by molar-refractivity contribution is 7.17. The molecule has 0 aliphatic heterocycles. The maximum absolute atomic E-state index is 11.8. The predicted octanol–water partition coefficient (Wildman–Crippen LogP) is 5.70. The van der Waals surface area contributed by atoms with Crippen LogP contribution < -0.4 is 0 Å². The minimum absolute atomic E-state index is 0.187. The number of Topliss-reactive ketones (excluding diaryl/α,β-unsaturated/α-hetero) is 1. The van der Waals surface area contributed by atoms with Crippen LogP contribution in [0, 0.1) is 0 Å². The Kier molecular flexibility index (Phi) is 4.44. The third-order valence-corrected chi connectivity index (χ3v) is 4.55. The van der Waals surface area contributed by atoms with E-state index in [1.54, 1.807) is 6.07 Å². The molecule has 0 saturated carbocycles. The fourth-order valence-corrected chi connectivity index (χ4v) is 3.14. The van der Waals surface area contributed by atoms with E-state index in [-0.39, 0.29) is 5.78 Å². The van der Waals surface area contributed by atoms with E-state index in [1.807, 2.05) is 31.2 Å². The zero-order chi connectivity index (χ0) is 13.1. The van der Waals surface area contributed by atoms with Crippen molar-refractivity contribution >= 4 is 40.3 Å². The number of benzene rings is 1. The van der Waals surface area contributed by atoms with E-state index in [1.165, 1.54) is 11.3 Å². The molecule has 0 aliphatic carbocycles. The van der Waals surface area contributed by atoms with E-state index in [2.05, 4.69) is 0 Å². The van der Waals surface area contributed by atoms with Crippen LogP contribution in [0.5, 0.6) is 0 Å². The van der Waals surface area contributed by atoms with E-state index < -0.39 is 0 Å². The van der Waals surface area contributed by atoms with E-state index in [4.69, 9.17) is 23.2 Å². The predicted molar refractivity (Wildman–Crippen MR) is 79.0 cm³/mol. The third-order valence-electron chi connectivity index (χ3n) is 2.57. The van der Waals surface area contributed by atoms with Gasteiger partial charge in [0.25, 0.3) is 0 Å². The summed E-state index contributed by atoms with van der Waals surface area (Å²) in [5, 5.41) is 1.07. The average Bonchev–Trinajstić information content (AvgIpc) is 2.82. The molecule has 1 aromatic carbocycles. The first-order valence-corrected chi connectivity index (χ1v) is 7.28. The molecule has 18 heavy (non-hydrogen) atoms. The molecule has 0 radical (unpaired) electrons. The van der Waals surface area contributed by atoms with Crippen LogP contribution in [0.1, 0.15) is 29.4 Å². The third kappa shape index (κ3) is 2.77. The summed E-state index contributed by atoms with van der Waals surface area (Å²) in [7, 11) is 0. The zero-order valence-electron chi connectivity index (χ0n) is 9.87. The summed E-state index contributed by atoms with van der Waals surface area (Å²) in [6.45, 7) is 2.00. The second kappa shape index (κ2) is 5.87. The number of hydrogen-bond donors (Lipinski definition) is 0. The number of ketones is 1. The number of thiophene rings is 1. The van der Waals surface area contributed by atoms with E-state index in [0.717, 1.165) is 21.7 Å². The molecule has 1 nitrogen and oxygen atoms in total. The Balaban J connectivity index is 2.35. The fourth-order valence-electron chi connectivity index (χ4n) is 1.68. The molecule has 0 fully saturated rings. The van der Waals surface area contributed by atoms with Crippen molar-refractivity contribution in [3.05, 3.63) is 45.3 Å². The Hall–Kier alpha value is -0.830. The van der Waals surface area contributed by atoms with Gasteiger partial charge >= 0.3 is 0 Å². The molecule has 1 aromatic heterocycles. The summed E-state index contributed by atoms with van der Waals surface area (Å²) in [5.74, 6) is 0.187. The molecule has 0 aliphatic rings. The molecule has 2 rings (SSSR count). The van der Waals surface area contributed by atoms with Gasteiger partial charge in [0.05, 0.1) is 14.9 Å². The molecule has 0 amide bonds. The van der Waals surface area contributed by atoms with Crippen LogP contribution in [0.4, 0.5) is 0 Å². The van der Waals surface area contributed by atoms with Crippen LogP contribution in [-0.4, -0.2) is 5.78 Å². The minimum Gasteiger partial charge on any atom is -0.293 e. The molecule has 0 N–H and O–H groups in total. The Morgan fingerprint density at radius 3 is 2.72 bits per heavy atom. The van der Waals surface area contributed by atoms with Gasteiger partial charge in [0.2, 0.25) is 0 Å². The minimum atomic E-state index is 0.187. The summed E-state index contributed by atoms with van der Waals surface area (Å²) in [6, 6.07) is 9.30. The normalized spacial score (nSPS) is 10.6. The Morgan fingerprint density at radius 1 is 1.22 bits per heavy atom. The van der Waals surface area contributed by atoms with Gasteiger partial charge in [0.15, 0.2) is 5.78 Å². The van der Waals surface area contributed by atoms with Gasteiger partial charge in [-0.25, -0.2) is 0 Å². The maximum atomic E-state index is 11.8. The van der Waals surface area contributed by atoms with Gasteiger partial charge in [-0.1, -0.05) is 42.3 Å². The number of carbonyl (C=O) groups excluding carboxylic acids is 1. The highest BCUT2D eigenvalue weighted by Gasteiger charge is 2.12. The van der Waals surface area contributed by atoms with Crippen LogP contribution in [0.3, 0.4) is 0 Å². The van der Waals surface area contributed by atoms with Crippen molar-refractivity contribution in [1.82, 2.24) is 0 Å². The van der Waals surface area contributed by atoms with Crippen molar-refractivity contribution in [2.75, 3.05) is 0 Å². The van der Waals surface area contributed by atoms with Crippen molar-refractivity contribution < 1.29 is 4.79 Å². The fraction of sp³-hybridized carbons (Fsp3) is 0.214. The largest absolute Gasteiger partial charge is 0.293 e. The molecule has 4 heteroatoms. The monoisotopic (exact) mass is 298 g/mol. The molecule has 2 aromatic rings. The topological polar surface area (TPSA) is 17.1 Å². The quantitative estimate of drug-likeness (QED) is 0.661. The Labute approximate surface area is 120 Å². The molecule has 1 heterocycles. The number of rotatable bonds is 4. The molecular formula is C14H12Cl2OS. The van der Waals surface area contributed by atoms with E-state index in [9.17, 15) is 4.79 Å². The van der Waals surface area contributed by atoms with Crippen molar-refractivity contribution in [1.29, 1.82) is 0 Å². The number of halogens is 2. The lowest BCUT2D eigenvalue weighted by molar-refractivity contribution is 0.0985. The lowest BCUT2D eigenvalue weighted by atomic mass is 10.2. The van der Waals surface area contributed by atoms with Gasteiger partial charge in [-0.2, -0.15) is 0 Å². The lowest BCUT2D eigenvalue weighted by Crippen LogP contribution is -1.93. The maximum Gasteiger partial charge on any atom is 0.172 e. The molecule has 0 bridgehead atoms. The van der Waals surface area contributed by atoms with Crippen molar-refractivity contribution in [2.24, 2.45) is 0 Å². The molecule has 0 saturated heterocycles. The highest BCUT2D eigenvalue weighted by atomic mass is 35.5. The summed E-state index contributed by atoms with van der Waals surface area (Å²) in [6.07, 6.45) is 1.45. The molecule has 0 spiro atoms. The van der Waals surface area contributed by atoms with Crippen molar-refractivity contribution in [3.63, 3.8) is 0 Å². The number of hydrogen-bond acceptors (Lipinski definition) is 2. The summed E-state index contributed by atoms with van der Waals surface area (Å²) >= 11 is 13.6. The number of carbonyl (C=O) groups is 1. The summed E-state index contributed by atoms with van der Waals surface area (Å²) in [4.78, 5) is 13.5. The van der Waals surface area contributed by atoms with Crippen LogP contribution in [0.2, 0.25) is 10.0 Å². The van der Waals surface area contributed by atoms with E-state index in [0.29, 0.717) is 16.5 Å². The van der Waals surface area contributed by atoms with Gasteiger partial charge in [0.1, 0.15) is 0 Å². The van der Waals surface area contributed by atoms with Gasteiger partial charge in [0, 0.05) is 16.9 Å². The Bertz CT molecular complexity index is 575. The first kappa shape index (κ1) is 13.6. The van der Waals surface area contributed by atoms with Crippen LogP contribution in [0.15, 0.2) is 30.3 Å².